The minimum absolute atomic E-state index is 0.0153. The van der Waals surface area contributed by atoms with Crippen molar-refractivity contribution in [3.63, 3.8) is 0 Å². The van der Waals surface area contributed by atoms with Crippen molar-refractivity contribution in [1.29, 1.82) is 0 Å². The number of carbonyl (C=O) groups is 1. The van der Waals surface area contributed by atoms with Gasteiger partial charge < -0.3 is 15.0 Å². The van der Waals surface area contributed by atoms with Gasteiger partial charge in [0.25, 0.3) is 0 Å². The number of hydrogen-bond acceptors (Lipinski definition) is 2. The quantitative estimate of drug-likeness (QED) is 0.824. The maximum atomic E-state index is 11.4. The summed E-state index contributed by atoms with van der Waals surface area (Å²) in [7, 11) is 3.46. The molecule has 1 N–H and O–H groups in total. The van der Waals surface area contributed by atoms with E-state index in [2.05, 4.69) is 11.4 Å². The number of urea groups is 1. The SMILES string of the molecule is COc1ccc(C2CN(C)C(=O)N2)cc1C. The highest BCUT2D eigenvalue weighted by Crippen LogP contribution is 2.25. The summed E-state index contributed by atoms with van der Waals surface area (Å²) in [5.74, 6) is 0.876. The third kappa shape index (κ3) is 1.83. The van der Waals surface area contributed by atoms with Crippen LogP contribution in [-0.2, 0) is 0 Å². The molecule has 1 aromatic carbocycles. The Morgan fingerprint density at radius 1 is 1.50 bits per heavy atom. The summed E-state index contributed by atoms with van der Waals surface area (Å²) in [6.07, 6.45) is 0. The number of amides is 2. The minimum atomic E-state index is -0.0153. The number of nitrogens with zero attached hydrogens (tertiary/aromatic N) is 1. The zero-order valence-electron chi connectivity index (χ0n) is 9.78. The van der Waals surface area contributed by atoms with Crippen LogP contribution in [0.3, 0.4) is 0 Å². The number of aryl methyl sites for hydroxylation is 1. The predicted octanol–water partition coefficient (Wildman–Crippen LogP) is 1.70. The average molecular weight is 220 g/mol. The summed E-state index contributed by atoms with van der Waals surface area (Å²) in [4.78, 5) is 13.0. The van der Waals surface area contributed by atoms with Crippen LogP contribution in [0.25, 0.3) is 0 Å². The summed E-state index contributed by atoms with van der Waals surface area (Å²) < 4.78 is 5.21. The van der Waals surface area contributed by atoms with Crippen LogP contribution in [0.2, 0.25) is 0 Å². The molecule has 0 spiro atoms. The number of ether oxygens (including phenoxy) is 1. The minimum Gasteiger partial charge on any atom is -0.496 e. The van der Waals surface area contributed by atoms with Crippen molar-refractivity contribution in [2.24, 2.45) is 0 Å². The second-order valence-electron chi connectivity index (χ2n) is 4.11. The van der Waals surface area contributed by atoms with Gasteiger partial charge >= 0.3 is 6.03 Å². The third-order valence-corrected chi connectivity index (χ3v) is 2.92. The number of hydrogen-bond donors (Lipinski definition) is 1. The first-order valence-electron chi connectivity index (χ1n) is 5.28. The molecule has 0 bridgehead atoms. The van der Waals surface area contributed by atoms with E-state index < -0.39 is 0 Å². The molecule has 2 amide bonds. The van der Waals surface area contributed by atoms with Crippen molar-refractivity contribution in [2.45, 2.75) is 13.0 Å². The summed E-state index contributed by atoms with van der Waals surface area (Å²) in [5, 5.41) is 2.93. The summed E-state index contributed by atoms with van der Waals surface area (Å²) in [5.41, 5.74) is 2.21. The van der Waals surface area contributed by atoms with E-state index in [9.17, 15) is 4.79 Å². The standard InChI is InChI=1S/C12H16N2O2/c1-8-6-9(4-5-11(8)16-3)10-7-14(2)12(15)13-10/h4-6,10H,7H2,1-3H3,(H,13,15). The molecule has 1 heterocycles. The van der Waals surface area contributed by atoms with Gasteiger partial charge in [0.15, 0.2) is 0 Å². The van der Waals surface area contributed by atoms with Crippen LogP contribution in [0.15, 0.2) is 18.2 Å². The summed E-state index contributed by atoms with van der Waals surface area (Å²) in [6, 6.07) is 6.06. The number of benzene rings is 1. The molecule has 1 saturated heterocycles. The van der Waals surface area contributed by atoms with Crippen LogP contribution in [-0.4, -0.2) is 31.6 Å². The third-order valence-electron chi connectivity index (χ3n) is 2.92. The lowest BCUT2D eigenvalue weighted by Crippen LogP contribution is -2.23. The Balaban J connectivity index is 2.22. The fourth-order valence-corrected chi connectivity index (χ4v) is 1.97. The first-order valence-corrected chi connectivity index (χ1v) is 5.28. The monoisotopic (exact) mass is 220 g/mol. The van der Waals surface area contributed by atoms with Crippen LogP contribution < -0.4 is 10.1 Å². The molecule has 2 rings (SSSR count). The van der Waals surface area contributed by atoms with Crippen molar-refractivity contribution in [2.75, 3.05) is 20.7 Å². The van der Waals surface area contributed by atoms with E-state index in [0.717, 1.165) is 16.9 Å². The van der Waals surface area contributed by atoms with Crippen molar-refractivity contribution >= 4 is 6.03 Å². The maximum Gasteiger partial charge on any atom is 0.317 e. The topological polar surface area (TPSA) is 41.6 Å². The zero-order valence-corrected chi connectivity index (χ0v) is 9.78. The number of methoxy groups -OCH3 is 1. The fraction of sp³-hybridized carbons (Fsp3) is 0.417. The highest BCUT2D eigenvalue weighted by Gasteiger charge is 2.26. The van der Waals surface area contributed by atoms with Crippen molar-refractivity contribution < 1.29 is 9.53 Å². The number of rotatable bonds is 2. The van der Waals surface area contributed by atoms with Crippen LogP contribution in [0, 0.1) is 6.92 Å². The van der Waals surface area contributed by atoms with E-state index in [1.165, 1.54) is 0 Å². The normalized spacial score (nSPS) is 19.8. The van der Waals surface area contributed by atoms with E-state index in [0.29, 0.717) is 6.54 Å². The molecule has 1 aliphatic heterocycles. The van der Waals surface area contributed by atoms with E-state index in [4.69, 9.17) is 4.74 Å². The molecule has 1 atom stereocenters. The largest absolute Gasteiger partial charge is 0.496 e. The molecule has 0 radical (unpaired) electrons. The van der Waals surface area contributed by atoms with Gasteiger partial charge in [0.2, 0.25) is 0 Å². The van der Waals surface area contributed by atoms with Gasteiger partial charge in [-0.25, -0.2) is 4.79 Å². The molecule has 0 aromatic heterocycles. The van der Waals surface area contributed by atoms with Gasteiger partial charge in [-0.1, -0.05) is 12.1 Å². The van der Waals surface area contributed by atoms with E-state index in [1.54, 1.807) is 19.1 Å². The molecule has 4 heteroatoms. The lowest BCUT2D eigenvalue weighted by atomic mass is 10.0. The van der Waals surface area contributed by atoms with Gasteiger partial charge in [-0.05, 0) is 24.1 Å². The van der Waals surface area contributed by atoms with Gasteiger partial charge in [0.1, 0.15) is 5.75 Å². The smallest absolute Gasteiger partial charge is 0.317 e. The Morgan fingerprint density at radius 2 is 2.25 bits per heavy atom. The fourth-order valence-electron chi connectivity index (χ4n) is 1.97. The molecule has 1 fully saturated rings. The molecule has 1 aromatic rings. The van der Waals surface area contributed by atoms with E-state index in [1.807, 2.05) is 19.1 Å². The van der Waals surface area contributed by atoms with Gasteiger partial charge in [-0.3, -0.25) is 0 Å². The van der Waals surface area contributed by atoms with E-state index in [-0.39, 0.29) is 12.1 Å². The molecule has 1 aliphatic rings. The van der Waals surface area contributed by atoms with Crippen LogP contribution in [0.1, 0.15) is 17.2 Å². The van der Waals surface area contributed by atoms with Crippen molar-refractivity contribution in [1.82, 2.24) is 10.2 Å². The Hall–Kier alpha value is -1.71. The maximum absolute atomic E-state index is 11.4. The highest BCUT2D eigenvalue weighted by atomic mass is 16.5. The van der Waals surface area contributed by atoms with E-state index >= 15 is 0 Å². The second-order valence-corrected chi connectivity index (χ2v) is 4.11. The first kappa shape index (κ1) is 10.8. The van der Waals surface area contributed by atoms with Crippen molar-refractivity contribution in [3.05, 3.63) is 29.3 Å². The predicted molar refractivity (Wildman–Crippen MR) is 61.6 cm³/mol. The molecule has 86 valence electrons. The van der Waals surface area contributed by atoms with Crippen molar-refractivity contribution in [3.8, 4) is 5.75 Å². The Morgan fingerprint density at radius 3 is 2.75 bits per heavy atom. The molecular formula is C12H16N2O2. The van der Waals surface area contributed by atoms with Crippen LogP contribution in [0.4, 0.5) is 4.79 Å². The average Bonchev–Trinajstić information content (AvgIpc) is 2.59. The van der Waals surface area contributed by atoms with Gasteiger partial charge in [-0.2, -0.15) is 0 Å². The Kier molecular flexibility index (Phi) is 2.73. The lowest BCUT2D eigenvalue weighted by Gasteiger charge is -2.12. The number of nitrogens with one attached hydrogen (secondary N) is 1. The molecule has 0 aliphatic carbocycles. The van der Waals surface area contributed by atoms with Gasteiger partial charge in [0.05, 0.1) is 13.2 Å². The molecule has 1 unspecified atom stereocenters. The van der Waals surface area contributed by atoms with Crippen LogP contribution in [0.5, 0.6) is 5.75 Å². The number of likely N-dealkylation sites (N-methyl/N-ethyl adjacent to an activating group) is 1. The second kappa shape index (κ2) is 4.04. The van der Waals surface area contributed by atoms with Gasteiger partial charge in [-0.15, -0.1) is 0 Å². The Bertz CT molecular complexity index is 417. The molecule has 4 nitrogen and oxygen atoms in total. The number of carbonyl (C=O) groups excluding carboxylic acids is 1. The lowest BCUT2D eigenvalue weighted by molar-refractivity contribution is 0.226. The van der Waals surface area contributed by atoms with Crippen LogP contribution >= 0.6 is 0 Å². The molecular weight excluding hydrogens is 204 g/mol. The molecule has 0 saturated carbocycles. The summed E-state index contributed by atoms with van der Waals surface area (Å²) in [6.45, 7) is 2.72. The Labute approximate surface area is 95.2 Å². The highest BCUT2D eigenvalue weighted by molar-refractivity contribution is 5.76. The summed E-state index contributed by atoms with van der Waals surface area (Å²) >= 11 is 0. The zero-order chi connectivity index (χ0) is 11.7. The molecule has 16 heavy (non-hydrogen) atoms. The first-order chi connectivity index (χ1) is 7.61. The van der Waals surface area contributed by atoms with Gasteiger partial charge in [0, 0.05) is 13.6 Å².